The molecular formula is C19H16BFN2O4. The minimum atomic E-state index is -1.59. The van der Waals surface area contributed by atoms with Gasteiger partial charge < -0.3 is 20.1 Å². The van der Waals surface area contributed by atoms with E-state index >= 15 is 0 Å². The summed E-state index contributed by atoms with van der Waals surface area (Å²) < 4.78 is 18.4. The second kappa shape index (κ2) is 8.44. The second-order valence-corrected chi connectivity index (χ2v) is 5.71. The lowest BCUT2D eigenvalue weighted by atomic mass is 9.77. The Labute approximate surface area is 155 Å². The molecule has 0 atom stereocenters. The molecule has 3 aromatic rings. The first-order valence-corrected chi connectivity index (χ1v) is 8.12. The zero-order valence-corrected chi connectivity index (χ0v) is 14.2. The van der Waals surface area contributed by atoms with Gasteiger partial charge in [0.1, 0.15) is 12.4 Å². The van der Waals surface area contributed by atoms with Gasteiger partial charge in [-0.3, -0.25) is 4.79 Å². The Balaban J connectivity index is 1.62. The first-order chi connectivity index (χ1) is 13.0. The van der Waals surface area contributed by atoms with Crippen LogP contribution in [0.2, 0.25) is 0 Å². The fourth-order valence-corrected chi connectivity index (χ4v) is 2.41. The highest BCUT2D eigenvalue weighted by Gasteiger charge is 2.15. The zero-order valence-electron chi connectivity index (χ0n) is 14.2. The van der Waals surface area contributed by atoms with Crippen molar-refractivity contribution >= 4 is 24.2 Å². The van der Waals surface area contributed by atoms with Gasteiger partial charge in [0.05, 0.1) is 5.56 Å². The summed E-state index contributed by atoms with van der Waals surface area (Å²) in [6.07, 6.45) is 1.36. The van der Waals surface area contributed by atoms with Crippen molar-refractivity contribution in [3.05, 3.63) is 83.8 Å². The Hall–Kier alpha value is -3.23. The van der Waals surface area contributed by atoms with Gasteiger partial charge in [-0.2, -0.15) is 0 Å². The summed E-state index contributed by atoms with van der Waals surface area (Å²) in [6.45, 7) is 0.0991. The number of hydrogen-bond acceptors (Lipinski definition) is 5. The Morgan fingerprint density at radius 1 is 1.07 bits per heavy atom. The normalized spacial score (nSPS) is 10.3. The molecule has 1 heterocycles. The average molecular weight is 366 g/mol. The number of halogens is 1. The minimum Gasteiger partial charge on any atom is -0.473 e. The third-order valence-electron chi connectivity index (χ3n) is 3.81. The number of rotatable bonds is 6. The van der Waals surface area contributed by atoms with Crippen LogP contribution >= 0.6 is 0 Å². The fraction of sp³-hybridized carbons (Fsp3) is 0.0526. The first-order valence-electron chi connectivity index (χ1n) is 8.12. The van der Waals surface area contributed by atoms with Crippen LogP contribution in [0.4, 0.5) is 10.1 Å². The molecule has 0 bridgehead atoms. The number of pyridine rings is 1. The number of anilines is 1. The number of benzene rings is 2. The smallest absolute Gasteiger partial charge is 0.473 e. The van der Waals surface area contributed by atoms with Crippen LogP contribution in [-0.2, 0) is 6.61 Å². The van der Waals surface area contributed by atoms with Crippen LogP contribution in [0.5, 0.6) is 5.88 Å². The third-order valence-corrected chi connectivity index (χ3v) is 3.81. The van der Waals surface area contributed by atoms with E-state index in [0.29, 0.717) is 22.3 Å². The summed E-state index contributed by atoms with van der Waals surface area (Å²) in [5.74, 6) is -0.476. The number of amides is 1. The third kappa shape index (κ3) is 4.90. The van der Waals surface area contributed by atoms with E-state index in [2.05, 4.69) is 10.3 Å². The molecule has 8 heteroatoms. The fourth-order valence-electron chi connectivity index (χ4n) is 2.41. The second-order valence-electron chi connectivity index (χ2n) is 5.71. The number of aromatic nitrogens is 1. The number of ether oxygens (including phenoxy) is 1. The summed E-state index contributed by atoms with van der Waals surface area (Å²) in [7, 11) is -1.59. The molecule has 6 nitrogen and oxygen atoms in total. The van der Waals surface area contributed by atoms with E-state index in [1.165, 1.54) is 36.5 Å². The van der Waals surface area contributed by atoms with Gasteiger partial charge in [-0.1, -0.05) is 24.3 Å². The molecule has 0 saturated heterocycles. The maximum Gasteiger partial charge on any atom is 0.488 e. The average Bonchev–Trinajstić information content (AvgIpc) is 2.68. The van der Waals surface area contributed by atoms with Crippen molar-refractivity contribution in [3.63, 3.8) is 0 Å². The summed E-state index contributed by atoms with van der Waals surface area (Å²) >= 11 is 0. The van der Waals surface area contributed by atoms with E-state index in [-0.39, 0.29) is 24.2 Å². The molecule has 1 amide bonds. The van der Waals surface area contributed by atoms with E-state index < -0.39 is 7.12 Å². The van der Waals surface area contributed by atoms with Gasteiger partial charge in [0.25, 0.3) is 5.91 Å². The number of carbonyl (C=O) groups excluding carboxylic acids is 1. The Morgan fingerprint density at radius 3 is 2.48 bits per heavy atom. The number of nitrogens with one attached hydrogen (secondary N) is 1. The zero-order chi connectivity index (χ0) is 19.2. The molecule has 0 unspecified atom stereocenters. The van der Waals surface area contributed by atoms with Crippen molar-refractivity contribution in [1.29, 1.82) is 0 Å². The molecule has 2 aromatic carbocycles. The monoisotopic (exact) mass is 366 g/mol. The lowest BCUT2D eigenvalue weighted by molar-refractivity contribution is 0.102. The Kier molecular flexibility index (Phi) is 5.80. The van der Waals surface area contributed by atoms with Gasteiger partial charge in [0, 0.05) is 18.0 Å². The van der Waals surface area contributed by atoms with Crippen LogP contribution in [0.25, 0.3) is 0 Å². The lowest BCUT2D eigenvalue weighted by Crippen LogP contribution is -2.33. The van der Waals surface area contributed by atoms with Gasteiger partial charge in [-0.15, -0.1) is 0 Å². The molecule has 0 aliphatic rings. The molecule has 3 rings (SSSR count). The molecule has 0 fully saturated rings. The SMILES string of the molecule is O=C(Nc1ccc(F)cc1)c1ccc(OCc2ccccc2B(O)O)nc1. The molecule has 136 valence electrons. The predicted octanol–water partition coefficient (Wildman–Crippen LogP) is 1.73. The van der Waals surface area contributed by atoms with Gasteiger partial charge in [-0.25, -0.2) is 9.37 Å². The van der Waals surface area contributed by atoms with Crippen LogP contribution in [0.3, 0.4) is 0 Å². The van der Waals surface area contributed by atoms with Crippen LogP contribution in [0.15, 0.2) is 66.9 Å². The van der Waals surface area contributed by atoms with Crippen molar-refractivity contribution in [2.24, 2.45) is 0 Å². The highest BCUT2D eigenvalue weighted by atomic mass is 19.1. The van der Waals surface area contributed by atoms with Gasteiger partial charge in [-0.05, 0) is 41.4 Å². The quantitative estimate of drug-likeness (QED) is 0.578. The maximum atomic E-state index is 12.9. The minimum absolute atomic E-state index is 0.0991. The lowest BCUT2D eigenvalue weighted by Gasteiger charge is -2.10. The van der Waals surface area contributed by atoms with E-state index in [1.807, 2.05) is 0 Å². The van der Waals surface area contributed by atoms with Crippen molar-refractivity contribution in [2.45, 2.75) is 6.61 Å². The molecular weight excluding hydrogens is 350 g/mol. The summed E-state index contributed by atoms with van der Waals surface area (Å²) in [5.41, 5.74) is 1.76. The van der Waals surface area contributed by atoms with Crippen molar-refractivity contribution in [3.8, 4) is 5.88 Å². The number of hydrogen-bond donors (Lipinski definition) is 3. The van der Waals surface area contributed by atoms with Crippen molar-refractivity contribution < 1.29 is 24.0 Å². The van der Waals surface area contributed by atoms with Crippen molar-refractivity contribution in [2.75, 3.05) is 5.32 Å². The Morgan fingerprint density at radius 2 is 1.81 bits per heavy atom. The van der Waals surface area contributed by atoms with Crippen LogP contribution in [0, 0.1) is 5.82 Å². The van der Waals surface area contributed by atoms with Crippen LogP contribution in [-0.4, -0.2) is 28.1 Å². The number of carbonyl (C=O) groups is 1. The van der Waals surface area contributed by atoms with Gasteiger partial charge >= 0.3 is 7.12 Å². The summed E-state index contributed by atoms with van der Waals surface area (Å²) in [4.78, 5) is 16.2. The van der Waals surface area contributed by atoms with E-state index in [1.54, 1.807) is 30.3 Å². The van der Waals surface area contributed by atoms with Crippen LogP contribution < -0.4 is 15.5 Å². The largest absolute Gasteiger partial charge is 0.488 e. The summed E-state index contributed by atoms with van der Waals surface area (Å²) in [5, 5.41) is 21.3. The van der Waals surface area contributed by atoms with Gasteiger partial charge in [0.2, 0.25) is 5.88 Å². The predicted molar refractivity (Wildman–Crippen MR) is 99.2 cm³/mol. The molecule has 0 spiro atoms. The molecule has 0 saturated carbocycles. The van der Waals surface area contributed by atoms with Crippen molar-refractivity contribution in [1.82, 2.24) is 4.98 Å². The first kappa shape index (κ1) is 18.6. The molecule has 27 heavy (non-hydrogen) atoms. The molecule has 3 N–H and O–H groups in total. The van der Waals surface area contributed by atoms with Crippen LogP contribution in [0.1, 0.15) is 15.9 Å². The topological polar surface area (TPSA) is 91.7 Å². The molecule has 0 aliphatic carbocycles. The van der Waals surface area contributed by atoms with Gasteiger partial charge in [0.15, 0.2) is 0 Å². The highest BCUT2D eigenvalue weighted by Crippen LogP contribution is 2.13. The number of nitrogens with zero attached hydrogens (tertiary/aromatic N) is 1. The Bertz CT molecular complexity index is 918. The maximum absolute atomic E-state index is 12.9. The standard InChI is InChI=1S/C19H16BFN2O4/c21-15-6-8-16(9-7-15)23-19(24)13-5-10-18(22-11-13)27-12-14-3-1-2-4-17(14)20(25)26/h1-11,25-26H,12H2,(H,23,24). The van der Waals surface area contributed by atoms with E-state index in [0.717, 1.165) is 0 Å². The highest BCUT2D eigenvalue weighted by molar-refractivity contribution is 6.59. The van der Waals surface area contributed by atoms with E-state index in [4.69, 9.17) is 4.74 Å². The molecule has 1 aromatic heterocycles. The molecule has 0 radical (unpaired) electrons. The van der Waals surface area contributed by atoms with E-state index in [9.17, 15) is 19.2 Å². The summed E-state index contributed by atoms with van der Waals surface area (Å²) in [6, 6.07) is 15.3. The molecule has 0 aliphatic heterocycles.